The van der Waals surface area contributed by atoms with E-state index in [0.717, 1.165) is 28.7 Å². The number of hydrogen-bond acceptors (Lipinski definition) is 2. The number of aryl methyl sites for hydroxylation is 1. The summed E-state index contributed by atoms with van der Waals surface area (Å²) < 4.78 is 0. The summed E-state index contributed by atoms with van der Waals surface area (Å²) in [6.07, 6.45) is 1.43. The number of carbonyl (C=O) groups excluding carboxylic acids is 2. The topological polar surface area (TPSA) is 49.4 Å². The van der Waals surface area contributed by atoms with Crippen LogP contribution in [0.4, 0.5) is 0 Å². The minimum absolute atomic E-state index is 0.0232. The van der Waals surface area contributed by atoms with Crippen LogP contribution in [0.1, 0.15) is 42.5 Å². The average Bonchev–Trinajstić information content (AvgIpc) is 2.83. The molecule has 0 aromatic heterocycles. The van der Waals surface area contributed by atoms with Crippen molar-refractivity contribution in [1.82, 2.24) is 10.2 Å². The molecule has 3 rings (SSSR count). The lowest BCUT2D eigenvalue weighted by Gasteiger charge is -2.32. The molecule has 0 heterocycles. The van der Waals surface area contributed by atoms with Gasteiger partial charge in [-0.05, 0) is 49.1 Å². The molecule has 3 aromatic rings. The summed E-state index contributed by atoms with van der Waals surface area (Å²) >= 11 is 6.16. The van der Waals surface area contributed by atoms with Gasteiger partial charge in [-0.15, -0.1) is 0 Å². The second-order valence-corrected chi connectivity index (χ2v) is 9.27. The maximum absolute atomic E-state index is 13.7. The minimum atomic E-state index is -0.635. The zero-order valence-corrected chi connectivity index (χ0v) is 20.9. The monoisotopic (exact) mass is 476 g/mol. The zero-order valence-electron chi connectivity index (χ0n) is 20.1. The highest BCUT2D eigenvalue weighted by Gasteiger charge is 2.31. The lowest BCUT2D eigenvalue weighted by atomic mass is 10.0. The van der Waals surface area contributed by atoms with Gasteiger partial charge >= 0.3 is 0 Å². The second kappa shape index (κ2) is 12.4. The molecule has 3 aromatic carbocycles. The summed E-state index contributed by atoms with van der Waals surface area (Å²) in [5, 5.41) is 3.69. The van der Waals surface area contributed by atoms with Gasteiger partial charge in [0.2, 0.25) is 11.8 Å². The Labute approximate surface area is 207 Å². The van der Waals surface area contributed by atoms with Crippen molar-refractivity contribution in [3.05, 3.63) is 106 Å². The van der Waals surface area contributed by atoms with Crippen LogP contribution < -0.4 is 5.32 Å². The van der Waals surface area contributed by atoms with Crippen LogP contribution in [-0.2, 0) is 29.0 Å². The van der Waals surface area contributed by atoms with E-state index in [0.29, 0.717) is 18.0 Å². The quantitative estimate of drug-likeness (QED) is 0.405. The van der Waals surface area contributed by atoms with Crippen molar-refractivity contribution in [2.75, 3.05) is 0 Å². The largest absolute Gasteiger partial charge is 0.352 e. The zero-order chi connectivity index (χ0) is 24.5. The first-order chi connectivity index (χ1) is 16.4. The summed E-state index contributed by atoms with van der Waals surface area (Å²) in [5.41, 5.74) is 3.97. The van der Waals surface area contributed by atoms with Gasteiger partial charge in [0.05, 0.1) is 6.42 Å². The molecular weight excluding hydrogens is 444 g/mol. The molecule has 0 bridgehead atoms. The van der Waals surface area contributed by atoms with Gasteiger partial charge in [0.1, 0.15) is 6.04 Å². The number of amides is 2. The fourth-order valence-corrected chi connectivity index (χ4v) is 4.02. The van der Waals surface area contributed by atoms with Crippen molar-refractivity contribution >= 4 is 23.4 Å². The normalized spacial score (nSPS) is 12.6. The van der Waals surface area contributed by atoms with Crippen LogP contribution >= 0.6 is 11.6 Å². The number of hydrogen-bond donors (Lipinski definition) is 1. The van der Waals surface area contributed by atoms with E-state index in [-0.39, 0.29) is 24.3 Å². The van der Waals surface area contributed by atoms with Crippen LogP contribution in [0.3, 0.4) is 0 Å². The lowest BCUT2D eigenvalue weighted by molar-refractivity contribution is -0.141. The van der Waals surface area contributed by atoms with Gasteiger partial charge in [0.25, 0.3) is 0 Å². The van der Waals surface area contributed by atoms with E-state index in [2.05, 4.69) is 5.32 Å². The number of benzene rings is 3. The van der Waals surface area contributed by atoms with Crippen molar-refractivity contribution in [3.63, 3.8) is 0 Å². The van der Waals surface area contributed by atoms with Gasteiger partial charge in [0.15, 0.2) is 0 Å². The molecule has 34 heavy (non-hydrogen) atoms. The molecule has 0 radical (unpaired) electrons. The molecule has 4 nitrogen and oxygen atoms in total. The van der Waals surface area contributed by atoms with Crippen LogP contribution in [-0.4, -0.2) is 28.8 Å². The molecule has 178 valence electrons. The first-order valence-corrected chi connectivity index (χ1v) is 12.2. The molecule has 0 aliphatic carbocycles. The Hall–Kier alpha value is -3.11. The third-order valence-electron chi connectivity index (χ3n) is 5.99. The summed E-state index contributed by atoms with van der Waals surface area (Å²) in [7, 11) is 0. The van der Waals surface area contributed by atoms with Gasteiger partial charge in [-0.25, -0.2) is 0 Å². The summed E-state index contributed by atoms with van der Waals surface area (Å²) in [4.78, 5) is 28.9. The Kier molecular flexibility index (Phi) is 9.29. The molecule has 0 saturated heterocycles. The summed E-state index contributed by atoms with van der Waals surface area (Å²) in [5.74, 6) is -0.243. The number of nitrogens with one attached hydrogen (secondary N) is 1. The fraction of sp³-hybridized carbons (Fsp3) is 0.310. The van der Waals surface area contributed by atoms with E-state index in [9.17, 15) is 9.59 Å². The van der Waals surface area contributed by atoms with Gasteiger partial charge in [0, 0.05) is 24.0 Å². The molecule has 0 saturated carbocycles. The van der Waals surface area contributed by atoms with E-state index >= 15 is 0 Å². The molecule has 5 heteroatoms. The molecule has 2 unspecified atom stereocenters. The van der Waals surface area contributed by atoms with Crippen LogP contribution in [0.15, 0.2) is 78.9 Å². The highest BCUT2D eigenvalue weighted by Crippen LogP contribution is 2.18. The number of nitrogens with zero attached hydrogens (tertiary/aromatic N) is 1. The Morgan fingerprint density at radius 1 is 0.912 bits per heavy atom. The Morgan fingerprint density at radius 3 is 2.24 bits per heavy atom. The molecule has 1 N–H and O–H groups in total. The van der Waals surface area contributed by atoms with Crippen LogP contribution in [0.2, 0.25) is 5.02 Å². The second-order valence-electron chi connectivity index (χ2n) is 8.84. The van der Waals surface area contributed by atoms with Crippen molar-refractivity contribution in [1.29, 1.82) is 0 Å². The van der Waals surface area contributed by atoms with Gasteiger partial charge in [-0.2, -0.15) is 0 Å². The van der Waals surface area contributed by atoms with E-state index in [1.165, 1.54) is 0 Å². The van der Waals surface area contributed by atoms with Crippen LogP contribution in [0, 0.1) is 6.92 Å². The molecular formula is C29H33ClN2O2. The SMILES string of the molecule is CCC(C)NC(=O)C(Cc1ccccc1)N(Cc1ccc(C)cc1)C(=O)Cc1cccc(Cl)c1. The van der Waals surface area contributed by atoms with E-state index < -0.39 is 6.04 Å². The van der Waals surface area contributed by atoms with Gasteiger partial charge < -0.3 is 10.2 Å². The molecule has 0 aliphatic heterocycles. The number of halogens is 1. The van der Waals surface area contributed by atoms with E-state index in [4.69, 9.17) is 11.6 Å². The maximum Gasteiger partial charge on any atom is 0.243 e. The number of rotatable bonds is 10. The minimum Gasteiger partial charge on any atom is -0.352 e. The number of carbonyl (C=O) groups is 2. The average molecular weight is 477 g/mol. The highest BCUT2D eigenvalue weighted by atomic mass is 35.5. The molecule has 0 aliphatic rings. The van der Waals surface area contributed by atoms with Crippen LogP contribution in [0.5, 0.6) is 0 Å². The van der Waals surface area contributed by atoms with Crippen molar-refractivity contribution in [3.8, 4) is 0 Å². The Bertz CT molecular complexity index is 1080. The third-order valence-corrected chi connectivity index (χ3v) is 6.23. The molecule has 0 spiro atoms. The Morgan fingerprint density at radius 2 is 1.59 bits per heavy atom. The van der Waals surface area contributed by atoms with Crippen molar-refractivity contribution in [2.45, 2.75) is 58.7 Å². The van der Waals surface area contributed by atoms with Crippen molar-refractivity contribution in [2.24, 2.45) is 0 Å². The predicted molar refractivity (Wildman–Crippen MR) is 139 cm³/mol. The smallest absolute Gasteiger partial charge is 0.243 e. The fourth-order valence-electron chi connectivity index (χ4n) is 3.81. The first-order valence-electron chi connectivity index (χ1n) is 11.8. The van der Waals surface area contributed by atoms with Crippen molar-refractivity contribution < 1.29 is 9.59 Å². The standard InChI is InChI=1S/C29H33ClN2O2/c1-4-22(3)31-29(34)27(18-23-9-6-5-7-10-23)32(20-24-15-13-21(2)14-16-24)28(33)19-25-11-8-12-26(30)17-25/h5-17,22,27H,4,18-20H2,1-3H3,(H,31,34). The van der Waals surface area contributed by atoms with Gasteiger partial charge in [-0.3, -0.25) is 9.59 Å². The molecule has 0 fully saturated rings. The maximum atomic E-state index is 13.7. The van der Waals surface area contributed by atoms with E-state index in [1.807, 2.05) is 87.5 Å². The summed E-state index contributed by atoms with van der Waals surface area (Å²) in [6.45, 7) is 6.40. The Balaban J connectivity index is 1.96. The lowest BCUT2D eigenvalue weighted by Crippen LogP contribution is -2.52. The van der Waals surface area contributed by atoms with Gasteiger partial charge in [-0.1, -0.05) is 90.8 Å². The van der Waals surface area contributed by atoms with E-state index in [1.54, 1.807) is 17.0 Å². The predicted octanol–water partition coefficient (Wildman–Crippen LogP) is 5.75. The third kappa shape index (κ3) is 7.46. The first kappa shape index (κ1) is 25.5. The molecule has 2 atom stereocenters. The highest BCUT2D eigenvalue weighted by molar-refractivity contribution is 6.30. The van der Waals surface area contributed by atoms with Crippen LogP contribution in [0.25, 0.3) is 0 Å². The molecule has 2 amide bonds. The summed E-state index contributed by atoms with van der Waals surface area (Å²) in [6, 6.07) is 24.6.